The number of likely N-dealkylation sites (tertiary alicyclic amines) is 1. The van der Waals surface area contributed by atoms with E-state index in [-0.39, 0.29) is 22.9 Å². The van der Waals surface area contributed by atoms with Crippen LogP contribution in [0.5, 0.6) is 5.75 Å². The van der Waals surface area contributed by atoms with E-state index in [0.29, 0.717) is 42.6 Å². The van der Waals surface area contributed by atoms with E-state index in [1.807, 2.05) is 20.8 Å². The molecule has 3 rings (SSSR count). The number of carbonyl (C=O) groups is 2. The van der Waals surface area contributed by atoms with Crippen LogP contribution in [0.3, 0.4) is 0 Å². The molecular formula is C21H27N3O5. The summed E-state index contributed by atoms with van der Waals surface area (Å²) in [6.07, 6.45) is 2.21. The lowest BCUT2D eigenvalue weighted by Crippen LogP contribution is -2.48. The summed E-state index contributed by atoms with van der Waals surface area (Å²) >= 11 is 0. The highest BCUT2D eigenvalue weighted by molar-refractivity contribution is 5.97. The number of methoxy groups -OCH3 is 1. The van der Waals surface area contributed by atoms with Crippen LogP contribution in [-0.4, -0.2) is 53.7 Å². The monoisotopic (exact) mass is 401 g/mol. The number of aromatic amines is 1. The number of alkyl carbamates (subject to hydrolysis) is 1. The molecule has 8 nitrogen and oxygen atoms in total. The van der Waals surface area contributed by atoms with Crippen LogP contribution < -0.4 is 15.5 Å². The van der Waals surface area contributed by atoms with Crippen LogP contribution in [-0.2, 0) is 4.74 Å². The standard InChI is InChI=1S/C21H27N3O5/c1-21(2,3)29-20(27)23-13-7-9-24(10-8-13)19(26)16-12-22-17-11-14(28-4)5-6-15(17)18(16)25/h5-6,11-13H,7-10H2,1-4H3,(H,22,25)(H,23,27). The first-order valence-corrected chi connectivity index (χ1v) is 9.66. The molecule has 2 heterocycles. The molecule has 0 aliphatic carbocycles. The number of hydrogen-bond donors (Lipinski definition) is 2. The van der Waals surface area contributed by atoms with Crippen molar-refractivity contribution in [2.45, 2.75) is 45.3 Å². The Morgan fingerprint density at radius 1 is 1.21 bits per heavy atom. The fraction of sp³-hybridized carbons (Fsp3) is 0.476. The van der Waals surface area contributed by atoms with Gasteiger partial charge in [-0.05, 0) is 45.7 Å². The molecule has 0 saturated carbocycles. The molecule has 1 fully saturated rings. The van der Waals surface area contributed by atoms with Crippen molar-refractivity contribution >= 4 is 22.9 Å². The highest BCUT2D eigenvalue weighted by Crippen LogP contribution is 2.18. The molecule has 156 valence electrons. The van der Waals surface area contributed by atoms with Crippen molar-refractivity contribution in [2.75, 3.05) is 20.2 Å². The van der Waals surface area contributed by atoms with Crippen LogP contribution in [0.25, 0.3) is 10.9 Å². The first-order valence-electron chi connectivity index (χ1n) is 9.66. The zero-order valence-electron chi connectivity index (χ0n) is 17.2. The molecule has 1 saturated heterocycles. The van der Waals surface area contributed by atoms with E-state index < -0.39 is 11.7 Å². The summed E-state index contributed by atoms with van der Waals surface area (Å²) in [4.78, 5) is 42.2. The molecule has 0 unspecified atom stereocenters. The van der Waals surface area contributed by atoms with Crippen molar-refractivity contribution in [3.05, 3.63) is 40.2 Å². The molecule has 0 spiro atoms. The van der Waals surface area contributed by atoms with Gasteiger partial charge in [0.1, 0.15) is 16.9 Å². The lowest BCUT2D eigenvalue weighted by Gasteiger charge is -2.32. The maximum atomic E-state index is 12.9. The van der Waals surface area contributed by atoms with Crippen molar-refractivity contribution in [2.24, 2.45) is 0 Å². The molecule has 1 aromatic heterocycles. The second-order valence-corrected chi connectivity index (χ2v) is 8.16. The Bertz CT molecular complexity index is 968. The number of rotatable bonds is 3. The second-order valence-electron chi connectivity index (χ2n) is 8.16. The molecule has 2 N–H and O–H groups in total. The summed E-state index contributed by atoms with van der Waals surface area (Å²) in [5.74, 6) is 0.325. The molecule has 8 heteroatoms. The third-order valence-corrected chi connectivity index (χ3v) is 4.82. The van der Waals surface area contributed by atoms with E-state index in [1.165, 1.54) is 6.20 Å². The molecule has 0 radical (unpaired) electrons. The number of carbonyl (C=O) groups excluding carboxylic acids is 2. The van der Waals surface area contributed by atoms with Crippen LogP contribution in [0.15, 0.2) is 29.2 Å². The van der Waals surface area contributed by atoms with E-state index in [0.717, 1.165) is 0 Å². The van der Waals surface area contributed by atoms with Crippen LogP contribution in [0.2, 0.25) is 0 Å². The van der Waals surface area contributed by atoms with Gasteiger partial charge in [0.25, 0.3) is 5.91 Å². The van der Waals surface area contributed by atoms with Crippen molar-refractivity contribution in [3.8, 4) is 5.75 Å². The Morgan fingerprint density at radius 3 is 2.52 bits per heavy atom. The lowest BCUT2D eigenvalue weighted by molar-refractivity contribution is 0.0473. The van der Waals surface area contributed by atoms with Gasteiger partial charge in [0, 0.05) is 36.8 Å². The quantitative estimate of drug-likeness (QED) is 0.824. The Labute approximate surface area is 169 Å². The van der Waals surface area contributed by atoms with Gasteiger partial charge in [0.05, 0.1) is 12.6 Å². The topological polar surface area (TPSA) is 101 Å². The number of nitrogens with zero attached hydrogens (tertiary/aromatic N) is 1. The average molecular weight is 401 g/mol. The molecule has 1 aliphatic heterocycles. The number of benzene rings is 1. The Morgan fingerprint density at radius 2 is 1.90 bits per heavy atom. The molecular weight excluding hydrogens is 374 g/mol. The van der Waals surface area contributed by atoms with E-state index in [4.69, 9.17) is 9.47 Å². The van der Waals surface area contributed by atoms with Gasteiger partial charge in [-0.25, -0.2) is 4.79 Å². The minimum atomic E-state index is -0.554. The number of ether oxygens (including phenoxy) is 2. The number of hydrogen-bond acceptors (Lipinski definition) is 5. The zero-order valence-corrected chi connectivity index (χ0v) is 17.2. The highest BCUT2D eigenvalue weighted by Gasteiger charge is 2.27. The van der Waals surface area contributed by atoms with Crippen molar-refractivity contribution in [3.63, 3.8) is 0 Å². The lowest BCUT2D eigenvalue weighted by atomic mass is 10.0. The fourth-order valence-electron chi connectivity index (χ4n) is 3.36. The number of amides is 2. The minimum absolute atomic E-state index is 0.0590. The Hall–Kier alpha value is -3.03. The third kappa shape index (κ3) is 4.88. The van der Waals surface area contributed by atoms with Gasteiger partial charge < -0.3 is 24.7 Å². The summed E-state index contributed by atoms with van der Waals surface area (Å²) < 4.78 is 10.4. The number of piperidine rings is 1. The van der Waals surface area contributed by atoms with E-state index in [1.54, 1.807) is 30.2 Å². The first-order chi connectivity index (χ1) is 13.7. The number of H-pyrrole nitrogens is 1. The number of nitrogens with one attached hydrogen (secondary N) is 2. The van der Waals surface area contributed by atoms with E-state index in [2.05, 4.69) is 10.3 Å². The van der Waals surface area contributed by atoms with Gasteiger partial charge in [0.15, 0.2) is 0 Å². The van der Waals surface area contributed by atoms with Gasteiger partial charge in [-0.3, -0.25) is 9.59 Å². The largest absolute Gasteiger partial charge is 0.497 e. The summed E-state index contributed by atoms with van der Waals surface area (Å²) in [5, 5.41) is 3.28. The van der Waals surface area contributed by atoms with Gasteiger partial charge in [0.2, 0.25) is 5.43 Å². The molecule has 0 atom stereocenters. The van der Waals surface area contributed by atoms with Gasteiger partial charge in [-0.1, -0.05) is 0 Å². The van der Waals surface area contributed by atoms with Gasteiger partial charge >= 0.3 is 6.09 Å². The maximum absolute atomic E-state index is 12.9. The fourth-order valence-corrected chi connectivity index (χ4v) is 3.36. The second kappa shape index (κ2) is 8.14. The number of fused-ring (bicyclic) bond motifs is 1. The van der Waals surface area contributed by atoms with Crippen LogP contribution in [0.1, 0.15) is 44.0 Å². The van der Waals surface area contributed by atoms with Gasteiger partial charge in [-0.15, -0.1) is 0 Å². The summed E-state index contributed by atoms with van der Waals surface area (Å²) in [5.41, 5.74) is -0.130. The molecule has 29 heavy (non-hydrogen) atoms. The number of pyridine rings is 1. The van der Waals surface area contributed by atoms with Crippen molar-refractivity contribution in [1.82, 2.24) is 15.2 Å². The summed E-state index contributed by atoms with van der Waals surface area (Å²) in [6.45, 7) is 6.35. The van der Waals surface area contributed by atoms with Crippen LogP contribution in [0.4, 0.5) is 4.79 Å². The maximum Gasteiger partial charge on any atom is 0.407 e. The SMILES string of the molecule is COc1ccc2c(=O)c(C(=O)N3CCC(NC(=O)OC(C)(C)C)CC3)c[nH]c2c1. The molecule has 1 aliphatic rings. The zero-order chi connectivity index (χ0) is 21.2. The predicted octanol–water partition coefficient (Wildman–Crippen LogP) is 2.67. The smallest absolute Gasteiger partial charge is 0.407 e. The van der Waals surface area contributed by atoms with Crippen molar-refractivity contribution < 1.29 is 19.1 Å². The van der Waals surface area contributed by atoms with Crippen molar-refractivity contribution in [1.29, 1.82) is 0 Å². The van der Waals surface area contributed by atoms with Gasteiger partial charge in [-0.2, -0.15) is 0 Å². The van der Waals surface area contributed by atoms with Crippen LogP contribution >= 0.6 is 0 Å². The minimum Gasteiger partial charge on any atom is -0.497 e. The molecule has 2 amide bonds. The summed E-state index contributed by atoms with van der Waals surface area (Å²) in [6, 6.07) is 5.01. The molecule has 2 aromatic rings. The summed E-state index contributed by atoms with van der Waals surface area (Å²) in [7, 11) is 1.55. The Kier molecular flexibility index (Phi) is 5.81. The average Bonchev–Trinajstić information content (AvgIpc) is 2.66. The Balaban J connectivity index is 1.66. The van der Waals surface area contributed by atoms with E-state index in [9.17, 15) is 14.4 Å². The third-order valence-electron chi connectivity index (χ3n) is 4.82. The number of aromatic nitrogens is 1. The van der Waals surface area contributed by atoms with E-state index >= 15 is 0 Å². The van der Waals surface area contributed by atoms with Crippen LogP contribution in [0, 0.1) is 0 Å². The molecule has 1 aromatic carbocycles. The highest BCUT2D eigenvalue weighted by atomic mass is 16.6. The predicted molar refractivity (Wildman–Crippen MR) is 109 cm³/mol. The normalized spacial score (nSPS) is 15.2. The first kappa shape index (κ1) is 20.7. The molecule has 0 bridgehead atoms.